The molecule has 0 fully saturated rings. The average Bonchev–Trinajstić information content (AvgIpc) is 2.36. The third kappa shape index (κ3) is 3.30. The summed E-state index contributed by atoms with van der Waals surface area (Å²) in [5, 5.41) is 3.08. The number of benzene rings is 2. The van der Waals surface area contributed by atoms with Crippen LogP contribution < -0.4 is 15.8 Å². The quantitative estimate of drug-likeness (QED) is 0.549. The maximum Gasteiger partial charge on any atom is 0.142 e. The normalized spacial score (nSPS) is 10.3. The fraction of sp³-hybridized carbons (Fsp3) is 0.0769. The van der Waals surface area contributed by atoms with E-state index in [2.05, 4.69) is 21.2 Å². The van der Waals surface area contributed by atoms with Gasteiger partial charge in [-0.15, -0.1) is 0 Å². The highest BCUT2D eigenvalue weighted by Crippen LogP contribution is 2.33. The molecular formula is C13H11BrFIN2O. The molecule has 6 heteroatoms. The van der Waals surface area contributed by atoms with E-state index < -0.39 is 0 Å². The number of nitrogens with one attached hydrogen (secondary N) is 1. The summed E-state index contributed by atoms with van der Waals surface area (Å²) >= 11 is 5.28. The van der Waals surface area contributed by atoms with Crippen LogP contribution in [0, 0.1) is 9.39 Å². The maximum atomic E-state index is 13.6. The van der Waals surface area contributed by atoms with Crippen molar-refractivity contribution in [3.63, 3.8) is 0 Å². The van der Waals surface area contributed by atoms with Crippen molar-refractivity contribution >= 4 is 55.6 Å². The van der Waals surface area contributed by atoms with E-state index in [1.807, 2.05) is 40.8 Å². The predicted molar refractivity (Wildman–Crippen MR) is 87.5 cm³/mol. The van der Waals surface area contributed by atoms with Crippen LogP contribution in [0.1, 0.15) is 0 Å². The van der Waals surface area contributed by atoms with Crippen LogP contribution in [0.4, 0.5) is 21.5 Å². The number of nitrogen functional groups attached to an aromatic ring is 1. The highest BCUT2D eigenvalue weighted by Gasteiger charge is 2.09. The van der Waals surface area contributed by atoms with Crippen molar-refractivity contribution in [3.05, 3.63) is 44.2 Å². The zero-order chi connectivity index (χ0) is 14.0. The minimum Gasteiger partial charge on any atom is -0.495 e. The van der Waals surface area contributed by atoms with Crippen molar-refractivity contribution in [1.29, 1.82) is 0 Å². The summed E-state index contributed by atoms with van der Waals surface area (Å²) in [6, 6.07) is 8.47. The second-order valence-corrected chi connectivity index (χ2v) is 5.90. The van der Waals surface area contributed by atoms with Gasteiger partial charge in [-0.3, -0.25) is 0 Å². The van der Waals surface area contributed by atoms with Gasteiger partial charge in [-0.2, -0.15) is 0 Å². The van der Waals surface area contributed by atoms with Crippen LogP contribution in [0.15, 0.2) is 34.8 Å². The number of anilines is 3. The Morgan fingerprint density at radius 2 is 2.00 bits per heavy atom. The molecule has 2 rings (SSSR count). The van der Waals surface area contributed by atoms with Gasteiger partial charge in [0.1, 0.15) is 11.6 Å². The molecule has 0 atom stereocenters. The Bertz CT molecular complexity index is 622. The Morgan fingerprint density at radius 3 is 2.68 bits per heavy atom. The number of hydrogen-bond acceptors (Lipinski definition) is 3. The molecule has 0 saturated carbocycles. The third-order valence-corrected chi connectivity index (χ3v) is 3.84. The molecule has 2 aromatic rings. The van der Waals surface area contributed by atoms with E-state index >= 15 is 0 Å². The van der Waals surface area contributed by atoms with E-state index in [0.717, 1.165) is 4.47 Å². The molecule has 0 aliphatic carbocycles. The molecule has 0 aliphatic heterocycles. The van der Waals surface area contributed by atoms with E-state index in [1.165, 1.54) is 6.07 Å². The van der Waals surface area contributed by atoms with Gasteiger partial charge in [0.25, 0.3) is 0 Å². The molecule has 19 heavy (non-hydrogen) atoms. The van der Waals surface area contributed by atoms with Crippen molar-refractivity contribution < 1.29 is 9.13 Å². The van der Waals surface area contributed by atoms with E-state index in [0.29, 0.717) is 26.4 Å². The van der Waals surface area contributed by atoms with Crippen LogP contribution in [0.3, 0.4) is 0 Å². The summed E-state index contributed by atoms with van der Waals surface area (Å²) in [5.41, 5.74) is 7.58. The van der Waals surface area contributed by atoms with Gasteiger partial charge in [-0.25, -0.2) is 4.39 Å². The minimum atomic E-state index is -0.314. The molecule has 0 bridgehead atoms. The number of hydrogen-bond donors (Lipinski definition) is 2. The standard InChI is InChI=1S/C13H11BrFIN2O/c1-19-13-3-2-7(14)4-12(13)18-11-5-8(15)9(16)6-10(11)17/h2-6,18H,17H2,1H3. The molecule has 3 N–H and O–H groups in total. The van der Waals surface area contributed by atoms with Crippen LogP contribution in [0.5, 0.6) is 5.75 Å². The third-order valence-electron chi connectivity index (χ3n) is 2.52. The summed E-state index contributed by atoms with van der Waals surface area (Å²) in [7, 11) is 1.58. The molecule has 2 aromatic carbocycles. The largest absolute Gasteiger partial charge is 0.495 e. The first-order chi connectivity index (χ1) is 9.01. The van der Waals surface area contributed by atoms with Crippen LogP contribution in [0.2, 0.25) is 0 Å². The number of rotatable bonds is 3. The molecule has 0 saturated heterocycles. The Labute approximate surface area is 132 Å². The average molecular weight is 437 g/mol. The molecule has 3 nitrogen and oxygen atoms in total. The summed E-state index contributed by atoms with van der Waals surface area (Å²) in [4.78, 5) is 0. The van der Waals surface area contributed by atoms with Crippen molar-refractivity contribution in [1.82, 2.24) is 0 Å². The zero-order valence-corrected chi connectivity index (χ0v) is 13.7. The van der Waals surface area contributed by atoms with Crippen LogP contribution in [-0.2, 0) is 0 Å². The van der Waals surface area contributed by atoms with Crippen molar-refractivity contribution in [3.8, 4) is 5.75 Å². The predicted octanol–water partition coefficient (Wildman–Crippen LogP) is 4.53. The Morgan fingerprint density at radius 1 is 1.26 bits per heavy atom. The first-order valence-electron chi connectivity index (χ1n) is 5.36. The molecule has 100 valence electrons. The smallest absolute Gasteiger partial charge is 0.142 e. The Kier molecular flexibility index (Phi) is 4.51. The van der Waals surface area contributed by atoms with Crippen molar-refractivity contribution in [2.24, 2.45) is 0 Å². The van der Waals surface area contributed by atoms with Crippen LogP contribution in [-0.4, -0.2) is 7.11 Å². The molecule has 0 heterocycles. The first-order valence-corrected chi connectivity index (χ1v) is 7.23. The molecule has 0 radical (unpaired) electrons. The minimum absolute atomic E-state index is 0.314. The van der Waals surface area contributed by atoms with Gasteiger partial charge in [0.15, 0.2) is 0 Å². The van der Waals surface area contributed by atoms with Crippen LogP contribution >= 0.6 is 38.5 Å². The fourth-order valence-corrected chi connectivity index (χ4v) is 2.45. The topological polar surface area (TPSA) is 47.3 Å². The Balaban J connectivity index is 2.41. The molecule has 0 aliphatic rings. The maximum absolute atomic E-state index is 13.6. The molecule has 0 amide bonds. The van der Waals surface area contributed by atoms with Gasteiger partial charge in [0.2, 0.25) is 0 Å². The summed E-state index contributed by atoms with van der Waals surface area (Å²) in [6.07, 6.45) is 0. The number of halogens is 3. The Hall–Kier alpha value is -1.02. The monoisotopic (exact) mass is 436 g/mol. The second kappa shape index (κ2) is 5.96. The number of ether oxygens (including phenoxy) is 1. The van der Waals surface area contributed by atoms with Gasteiger partial charge < -0.3 is 15.8 Å². The SMILES string of the molecule is COc1ccc(Br)cc1Nc1cc(F)c(I)cc1N. The highest BCUT2D eigenvalue weighted by molar-refractivity contribution is 14.1. The molecular weight excluding hydrogens is 426 g/mol. The summed E-state index contributed by atoms with van der Waals surface area (Å²) in [5.74, 6) is 0.341. The molecule has 0 aromatic heterocycles. The molecule has 0 spiro atoms. The number of nitrogens with two attached hydrogens (primary N) is 1. The van der Waals surface area contributed by atoms with Gasteiger partial charge >= 0.3 is 0 Å². The highest BCUT2D eigenvalue weighted by atomic mass is 127. The zero-order valence-electron chi connectivity index (χ0n) is 10.0. The fourth-order valence-electron chi connectivity index (χ4n) is 1.59. The molecule has 0 unspecified atom stereocenters. The van der Waals surface area contributed by atoms with Crippen LogP contribution in [0.25, 0.3) is 0 Å². The number of methoxy groups -OCH3 is 1. The van der Waals surface area contributed by atoms with Crippen molar-refractivity contribution in [2.45, 2.75) is 0 Å². The van der Waals surface area contributed by atoms with Gasteiger partial charge in [-0.05, 0) is 46.9 Å². The van der Waals surface area contributed by atoms with Gasteiger partial charge in [0, 0.05) is 10.5 Å². The van der Waals surface area contributed by atoms with E-state index in [1.54, 1.807) is 13.2 Å². The summed E-state index contributed by atoms with van der Waals surface area (Å²) < 4.78 is 20.2. The lowest BCUT2D eigenvalue weighted by molar-refractivity contribution is 0.417. The van der Waals surface area contributed by atoms with E-state index in [4.69, 9.17) is 10.5 Å². The van der Waals surface area contributed by atoms with Crippen molar-refractivity contribution in [2.75, 3.05) is 18.2 Å². The summed E-state index contributed by atoms with van der Waals surface area (Å²) in [6.45, 7) is 0. The lowest BCUT2D eigenvalue weighted by Gasteiger charge is -2.14. The van der Waals surface area contributed by atoms with E-state index in [-0.39, 0.29) is 5.82 Å². The second-order valence-electron chi connectivity index (χ2n) is 3.82. The van der Waals surface area contributed by atoms with E-state index in [9.17, 15) is 4.39 Å². The van der Waals surface area contributed by atoms with Gasteiger partial charge in [-0.1, -0.05) is 15.9 Å². The van der Waals surface area contributed by atoms with Gasteiger partial charge in [0.05, 0.1) is 27.7 Å². The lowest BCUT2D eigenvalue weighted by Crippen LogP contribution is -2.00. The first kappa shape index (κ1) is 14.4. The lowest BCUT2D eigenvalue weighted by atomic mass is 10.2.